The van der Waals surface area contributed by atoms with Gasteiger partial charge in [0.1, 0.15) is 0 Å². The third kappa shape index (κ3) is 9.62. The number of nitrogens with one attached hydrogen (secondary N) is 3. The monoisotopic (exact) mass is 510 g/mol. The van der Waals surface area contributed by atoms with E-state index in [1.54, 1.807) is 31.4 Å². The summed E-state index contributed by atoms with van der Waals surface area (Å²) in [5.41, 5.74) is 0.487. The summed E-state index contributed by atoms with van der Waals surface area (Å²) in [4.78, 5) is 16.7. The van der Waals surface area contributed by atoms with Crippen molar-refractivity contribution in [2.45, 2.75) is 33.8 Å². The van der Waals surface area contributed by atoms with Gasteiger partial charge in [0.2, 0.25) is 0 Å². The molecular formula is C19H32ClIN4O2. The third-order valence-electron chi connectivity index (χ3n) is 3.83. The predicted octanol–water partition coefficient (Wildman–Crippen LogP) is 3.30. The Morgan fingerprint density at radius 2 is 1.81 bits per heavy atom. The van der Waals surface area contributed by atoms with E-state index < -0.39 is 0 Å². The number of rotatable bonds is 8. The number of hydrogen-bond donors (Lipinski definition) is 3. The Kier molecular flexibility index (Phi) is 12.7. The molecule has 1 unspecified atom stereocenters. The van der Waals surface area contributed by atoms with Crippen molar-refractivity contribution in [3.8, 4) is 0 Å². The molecule has 0 aliphatic carbocycles. The summed E-state index contributed by atoms with van der Waals surface area (Å²) in [6, 6.07) is 6.99. The molecule has 0 aromatic heterocycles. The first-order chi connectivity index (χ1) is 12.3. The number of amides is 1. The minimum atomic E-state index is -0.188. The lowest BCUT2D eigenvalue weighted by Gasteiger charge is -2.28. The van der Waals surface area contributed by atoms with Crippen LogP contribution in [0.15, 0.2) is 29.3 Å². The van der Waals surface area contributed by atoms with Crippen LogP contribution in [0.1, 0.15) is 38.1 Å². The fourth-order valence-electron chi connectivity index (χ4n) is 2.32. The Hall–Kier alpha value is -1.06. The minimum absolute atomic E-state index is 0. The van der Waals surface area contributed by atoms with Gasteiger partial charge in [-0.2, -0.15) is 0 Å². The molecular weight excluding hydrogens is 479 g/mol. The Labute approximate surface area is 184 Å². The highest BCUT2D eigenvalue weighted by molar-refractivity contribution is 14.0. The average Bonchev–Trinajstić information content (AvgIpc) is 2.58. The summed E-state index contributed by atoms with van der Waals surface area (Å²) in [7, 11) is 1.70. The van der Waals surface area contributed by atoms with Crippen molar-refractivity contribution in [2.75, 3.05) is 33.3 Å². The first-order valence-corrected chi connectivity index (χ1v) is 9.25. The molecule has 154 valence electrons. The van der Waals surface area contributed by atoms with E-state index >= 15 is 0 Å². The number of carbonyl (C=O) groups excluding carboxylic acids is 1. The van der Waals surface area contributed by atoms with E-state index in [-0.39, 0.29) is 41.4 Å². The molecule has 3 N–H and O–H groups in total. The second-order valence-electron chi connectivity index (χ2n) is 6.97. The van der Waals surface area contributed by atoms with Gasteiger partial charge in [-0.1, -0.05) is 44.5 Å². The molecule has 0 aliphatic heterocycles. The quantitative estimate of drug-likeness (QED) is 0.217. The van der Waals surface area contributed by atoms with Gasteiger partial charge < -0.3 is 20.7 Å². The van der Waals surface area contributed by atoms with Crippen molar-refractivity contribution >= 4 is 47.4 Å². The fourth-order valence-corrected chi connectivity index (χ4v) is 2.54. The van der Waals surface area contributed by atoms with Crippen LogP contribution >= 0.6 is 35.6 Å². The normalized spacial score (nSPS) is 12.7. The number of nitrogens with zero attached hydrogens (tertiary/aromatic N) is 1. The molecule has 6 nitrogen and oxygen atoms in total. The Morgan fingerprint density at radius 1 is 1.19 bits per heavy atom. The van der Waals surface area contributed by atoms with Crippen LogP contribution in [0.3, 0.4) is 0 Å². The Morgan fingerprint density at radius 3 is 2.37 bits per heavy atom. The summed E-state index contributed by atoms with van der Waals surface area (Å²) in [5, 5.41) is 9.69. The zero-order valence-electron chi connectivity index (χ0n) is 16.8. The molecule has 8 heteroatoms. The molecule has 0 saturated carbocycles. The van der Waals surface area contributed by atoms with Crippen LogP contribution in [0.4, 0.5) is 0 Å². The van der Waals surface area contributed by atoms with Gasteiger partial charge in [0.25, 0.3) is 5.91 Å². The van der Waals surface area contributed by atoms with E-state index in [1.165, 1.54) is 0 Å². The van der Waals surface area contributed by atoms with Gasteiger partial charge in [-0.25, -0.2) is 0 Å². The minimum Gasteiger partial charge on any atom is -0.379 e. The molecule has 0 heterocycles. The average molecular weight is 511 g/mol. The number of hydrogen-bond acceptors (Lipinski definition) is 3. The molecule has 0 aliphatic rings. The molecule has 0 spiro atoms. The molecule has 1 rings (SSSR count). The lowest BCUT2D eigenvalue weighted by molar-refractivity contribution is 0.0241. The van der Waals surface area contributed by atoms with Gasteiger partial charge >= 0.3 is 0 Å². The largest absolute Gasteiger partial charge is 0.379 e. The van der Waals surface area contributed by atoms with Crippen molar-refractivity contribution in [3.05, 3.63) is 34.9 Å². The van der Waals surface area contributed by atoms with Gasteiger partial charge in [0.15, 0.2) is 5.96 Å². The molecule has 27 heavy (non-hydrogen) atoms. The topological polar surface area (TPSA) is 74.8 Å². The van der Waals surface area contributed by atoms with Crippen molar-refractivity contribution in [1.29, 1.82) is 0 Å². The van der Waals surface area contributed by atoms with Crippen LogP contribution in [-0.4, -0.2) is 51.3 Å². The van der Waals surface area contributed by atoms with Gasteiger partial charge in [-0.3, -0.25) is 9.79 Å². The summed E-state index contributed by atoms with van der Waals surface area (Å²) >= 11 is 6.03. The SMILES string of the molecule is CCNC(=NCC(OC)C(C)(C)C)NCCNC(=O)c1ccccc1Cl.I. The molecule has 1 atom stereocenters. The van der Waals surface area contributed by atoms with Crippen LogP contribution in [0.2, 0.25) is 5.02 Å². The predicted molar refractivity (Wildman–Crippen MR) is 123 cm³/mol. The Balaban J connectivity index is 0.00000676. The van der Waals surface area contributed by atoms with Gasteiger partial charge in [-0.15, -0.1) is 24.0 Å². The smallest absolute Gasteiger partial charge is 0.252 e. The first-order valence-electron chi connectivity index (χ1n) is 8.87. The maximum Gasteiger partial charge on any atom is 0.252 e. The van der Waals surface area contributed by atoms with E-state index in [4.69, 9.17) is 16.3 Å². The summed E-state index contributed by atoms with van der Waals surface area (Å²) < 4.78 is 5.53. The van der Waals surface area contributed by atoms with Gasteiger partial charge in [0.05, 0.1) is 23.2 Å². The standard InChI is InChI=1S/C19H31ClN4O2.HI/c1-6-21-18(24-13-16(26-5)19(2,3)4)23-12-11-22-17(25)14-9-7-8-10-15(14)20;/h7-10,16H,6,11-13H2,1-5H3,(H,22,25)(H2,21,23,24);1H. The summed E-state index contributed by atoms with van der Waals surface area (Å²) in [5.74, 6) is 0.511. The highest BCUT2D eigenvalue weighted by Crippen LogP contribution is 2.21. The van der Waals surface area contributed by atoms with Gasteiger partial charge in [-0.05, 0) is 24.5 Å². The lowest BCUT2D eigenvalue weighted by Crippen LogP contribution is -2.42. The number of methoxy groups -OCH3 is 1. The van der Waals surface area contributed by atoms with E-state index in [0.717, 1.165) is 6.54 Å². The fraction of sp³-hybridized carbons (Fsp3) is 0.579. The first kappa shape index (κ1) is 25.9. The number of aliphatic imine (C=N–C) groups is 1. The van der Waals surface area contributed by atoms with Crippen LogP contribution in [-0.2, 0) is 4.74 Å². The molecule has 1 aromatic carbocycles. The van der Waals surface area contributed by atoms with E-state index in [9.17, 15) is 4.79 Å². The molecule has 0 saturated heterocycles. The van der Waals surface area contributed by atoms with Crippen molar-refractivity contribution in [1.82, 2.24) is 16.0 Å². The molecule has 0 radical (unpaired) electrons. The van der Waals surface area contributed by atoms with E-state index in [2.05, 4.69) is 41.7 Å². The van der Waals surface area contributed by atoms with Crippen LogP contribution in [0.25, 0.3) is 0 Å². The van der Waals surface area contributed by atoms with Gasteiger partial charge in [0, 0.05) is 26.7 Å². The second-order valence-corrected chi connectivity index (χ2v) is 7.38. The summed E-state index contributed by atoms with van der Waals surface area (Å²) in [6.07, 6.45) is 0.0258. The maximum atomic E-state index is 12.1. The van der Waals surface area contributed by atoms with E-state index in [1.807, 2.05) is 6.92 Å². The summed E-state index contributed by atoms with van der Waals surface area (Å²) in [6.45, 7) is 10.7. The molecule has 1 amide bonds. The van der Waals surface area contributed by atoms with Crippen molar-refractivity contribution in [2.24, 2.45) is 10.4 Å². The Bertz CT molecular complexity index is 606. The highest BCUT2D eigenvalue weighted by atomic mass is 127. The van der Waals surface area contributed by atoms with Crippen LogP contribution in [0.5, 0.6) is 0 Å². The number of guanidine groups is 1. The van der Waals surface area contributed by atoms with Crippen LogP contribution in [0, 0.1) is 5.41 Å². The lowest BCUT2D eigenvalue weighted by atomic mass is 9.89. The highest BCUT2D eigenvalue weighted by Gasteiger charge is 2.24. The van der Waals surface area contributed by atoms with Crippen molar-refractivity contribution < 1.29 is 9.53 Å². The number of benzene rings is 1. The van der Waals surface area contributed by atoms with Crippen molar-refractivity contribution in [3.63, 3.8) is 0 Å². The molecule has 0 bridgehead atoms. The number of carbonyl (C=O) groups is 1. The molecule has 1 aromatic rings. The zero-order valence-corrected chi connectivity index (χ0v) is 19.9. The number of halogens is 2. The van der Waals surface area contributed by atoms with Crippen LogP contribution < -0.4 is 16.0 Å². The number of ether oxygens (including phenoxy) is 1. The maximum absolute atomic E-state index is 12.1. The molecule has 0 fully saturated rings. The second kappa shape index (κ2) is 13.2. The zero-order chi connectivity index (χ0) is 19.6. The van der Waals surface area contributed by atoms with E-state index in [0.29, 0.717) is 36.2 Å². The third-order valence-corrected chi connectivity index (χ3v) is 4.16.